The number of anilines is 2. The first-order valence-corrected chi connectivity index (χ1v) is 10.9. The highest BCUT2D eigenvalue weighted by Gasteiger charge is 2.40. The smallest absolute Gasteiger partial charge is 0.282 e. The highest BCUT2D eigenvalue weighted by Crippen LogP contribution is 2.35. The number of imide groups is 1. The van der Waals surface area contributed by atoms with Crippen LogP contribution in [0.25, 0.3) is 5.57 Å². The van der Waals surface area contributed by atoms with Crippen molar-refractivity contribution in [2.24, 2.45) is 0 Å². The van der Waals surface area contributed by atoms with Crippen molar-refractivity contribution in [2.75, 3.05) is 10.2 Å². The predicted molar refractivity (Wildman–Crippen MR) is 130 cm³/mol. The lowest BCUT2D eigenvalue weighted by atomic mass is 9.87. The van der Waals surface area contributed by atoms with Gasteiger partial charge in [0.15, 0.2) is 0 Å². The summed E-state index contributed by atoms with van der Waals surface area (Å²) >= 11 is 0. The third-order valence-corrected chi connectivity index (χ3v) is 5.96. The van der Waals surface area contributed by atoms with Gasteiger partial charge in [-0.25, -0.2) is 9.29 Å². The van der Waals surface area contributed by atoms with E-state index in [-0.39, 0.29) is 16.7 Å². The van der Waals surface area contributed by atoms with E-state index in [1.807, 2.05) is 44.2 Å². The summed E-state index contributed by atoms with van der Waals surface area (Å²) in [7, 11) is 0. The average molecular weight is 443 g/mol. The third kappa shape index (κ3) is 4.31. The molecule has 33 heavy (non-hydrogen) atoms. The molecular weight excluding hydrogens is 415 g/mol. The van der Waals surface area contributed by atoms with Crippen LogP contribution in [0.1, 0.15) is 43.0 Å². The fourth-order valence-electron chi connectivity index (χ4n) is 3.87. The van der Waals surface area contributed by atoms with Crippen LogP contribution < -0.4 is 10.2 Å². The van der Waals surface area contributed by atoms with Gasteiger partial charge in [-0.05, 0) is 71.8 Å². The molecule has 0 fully saturated rings. The number of halogens is 1. The van der Waals surface area contributed by atoms with Gasteiger partial charge in [0.05, 0.1) is 11.3 Å². The minimum Gasteiger partial charge on any atom is -0.350 e. The Morgan fingerprint density at radius 2 is 1.52 bits per heavy atom. The summed E-state index contributed by atoms with van der Waals surface area (Å²) in [4.78, 5) is 28.3. The molecular formula is C28H27FN2O2. The van der Waals surface area contributed by atoms with Crippen molar-refractivity contribution in [1.29, 1.82) is 0 Å². The molecule has 5 heteroatoms. The Morgan fingerprint density at radius 1 is 0.818 bits per heavy atom. The second-order valence-electron chi connectivity index (χ2n) is 9.43. The van der Waals surface area contributed by atoms with Crippen molar-refractivity contribution in [2.45, 2.75) is 40.0 Å². The van der Waals surface area contributed by atoms with Crippen LogP contribution in [-0.2, 0) is 15.0 Å². The van der Waals surface area contributed by atoms with Crippen LogP contribution >= 0.6 is 0 Å². The molecule has 3 aromatic rings. The van der Waals surface area contributed by atoms with Gasteiger partial charge in [0.2, 0.25) is 0 Å². The minimum atomic E-state index is -0.471. The van der Waals surface area contributed by atoms with Crippen LogP contribution in [0.5, 0.6) is 0 Å². The van der Waals surface area contributed by atoms with Gasteiger partial charge in [-0.1, -0.05) is 57.2 Å². The van der Waals surface area contributed by atoms with Crippen LogP contribution in [0.2, 0.25) is 0 Å². The molecule has 0 spiro atoms. The van der Waals surface area contributed by atoms with E-state index in [0.717, 1.165) is 16.7 Å². The highest BCUT2D eigenvalue weighted by atomic mass is 19.1. The van der Waals surface area contributed by atoms with E-state index in [9.17, 15) is 14.0 Å². The largest absolute Gasteiger partial charge is 0.350 e. The van der Waals surface area contributed by atoms with Gasteiger partial charge in [-0.3, -0.25) is 9.59 Å². The molecule has 0 unspecified atom stereocenters. The van der Waals surface area contributed by atoms with Crippen molar-refractivity contribution in [3.63, 3.8) is 0 Å². The van der Waals surface area contributed by atoms with Gasteiger partial charge in [0.1, 0.15) is 11.5 Å². The van der Waals surface area contributed by atoms with Crippen molar-refractivity contribution in [3.8, 4) is 0 Å². The molecule has 0 radical (unpaired) electrons. The van der Waals surface area contributed by atoms with E-state index < -0.39 is 17.6 Å². The van der Waals surface area contributed by atoms with Crippen molar-refractivity contribution in [1.82, 2.24) is 0 Å². The Bertz CT molecular complexity index is 1280. The zero-order valence-corrected chi connectivity index (χ0v) is 19.5. The van der Waals surface area contributed by atoms with Gasteiger partial charge < -0.3 is 5.32 Å². The summed E-state index contributed by atoms with van der Waals surface area (Å²) < 4.78 is 13.8. The lowest BCUT2D eigenvalue weighted by Crippen LogP contribution is -2.32. The molecule has 1 aliphatic heterocycles. The molecule has 0 saturated carbocycles. The summed E-state index contributed by atoms with van der Waals surface area (Å²) in [6.45, 7) is 10.3. The Balaban J connectivity index is 1.80. The lowest BCUT2D eigenvalue weighted by Gasteiger charge is -2.21. The van der Waals surface area contributed by atoms with Gasteiger partial charge in [0, 0.05) is 5.69 Å². The Morgan fingerprint density at radius 3 is 2.12 bits per heavy atom. The fourth-order valence-corrected chi connectivity index (χ4v) is 3.87. The van der Waals surface area contributed by atoms with E-state index in [0.29, 0.717) is 16.9 Å². The molecule has 0 aromatic heterocycles. The van der Waals surface area contributed by atoms with E-state index in [2.05, 4.69) is 26.1 Å². The number of carbonyl (C=O) groups is 2. The zero-order valence-electron chi connectivity index (χ0n) is 19.5. The number of rotatable bonds is 4. The number of amides is 2. The number of aryl methyl sites for hydroxylation is 2. The normalized spacial score (nSPS) is 14.3. The first-order valence-electron chi connectivity index (χ1n) is 10.9. The molecule has 2 amide bonds. The molecule has 1 aliphatic rings. The van der Waals surface area contributed by atoms with E-state index in [4.69, 9.17) is 0 Å². The van der Waals surface area contributed by atoms with Gasteiger partial charge >= 0.3 is 0 Å². The number of hydrogen-bond acceptors (Lipinski definition) is 3. The number of nitrogens with zero attached hydrogens (tertiary/aromatic N) is 1. The quantitative estimate of drug-likeness (QED) is 0.494. The van der Waals surface area contributed by atoms with Gasteiger partial charge in [-0.2, -0.15) is 0 Å². The van der Waals surface area contributed by atoms with Crippen LogP contribution in [0.4, 0.5) is 15.8 Å². The van der Waals surface area contributed by atoms with Gasteiger partial charge in [-0.15, -0.1) is 0 Å². The van der Waals surface area contributed by atoms with E-state index in [1.54, 1.807) is 24.3 Å². The van der Waals surface area contributed by atoms with E-state index in [1.165, 1.54) is 17.0 Å². The van der Waals surface area contributed by atoms with Crippen LogP contribution in [0.15, 0.2) is 72.4 Å². The van der Waals surface area contributed by atoms with Crippen LogP contribution in [0.3, 0.4) is 0 Å². The lowest BCUT2D eigenvalue weighted by molar-refractivity contribution is -0.120. The summed E-state index contributed by atoms with van der Waals surface area (Å²) in [5.41, 5.74) is 5.09. The molecule has 3 aromatic carbocycles. The maximum Gasteiger partial charge on any atom is 0.282 e. The number of carbonyl (C=O) groups excluding carboxylic acids is 2. The van der Waals surface area contributed by atoms with Crippen LogP contribution in [0, 0.1) is 19.7 Å². The fraction of sp³-hybridized carbons (Fsp3) is 0.214. The van der Waals surface area contributed by atoms with Crippen LogP contribution in [-0.4, -0.2) is 11.8 Å². The Kier molecular flexibility index (Phi) is 5.66. The first-order chi connectivity index (χ1) is 15.6. The molecule has 1 heterocycles. The van der Waals surface area contributed by atoms with Crippen molar-refractivity contribution < 1.29 is 14.0 Å². The minimum absolute atomic E-state index is 0.0511. The molecule has 0 saturated heterocycles. The third-order valence-electron chi connectivity index (χ3n) is 5.96. The molecule has 1 N–H and O–H groups in total. The predicted octanol–water partition coefficient (Wildman–Crippen LogP) is 6.14. The number of benzene rings is 3. The maximum atomic E-state index is 13.8. The second-order valence-corrected chi connectivity index (χ2v) is 9.43. The maximum absolute atomic E-state index is 13.8. The Labute approximate surface area is 193 Å². The van der Waals surface area contributed by atoms with Gasteiger partial charge in [0.25, 0.3) is 11.8 Å². The summed E-state index contributed by atoms with van der Waals surface area (Å²) in [5.74, 6) is -1.31. The highest BCUT2D eigenvalue weighted by molar-refractivity contribution is 6.46. The van der Waals surface area contributed by atoms with Crippen molar-refractivity contribution in [3.05, 3.63) is 100 Å². The first kappa shape index (κ1) is 22.5. The standard InChI is InChI=1S/C28H27FN2O2/c1-17-9-10-19(15-18(17)2)24-25(30-22-8-6-7-21(29)16-22)27(33)31(26(24)32)23-13-11-20(12-14-23)28(3,4)5/h6-16,30H,1-5H3. The monoisotopic (exact) mass is 442 g/mol. The van der Waals surface area contributed by atoms with E-state index >= 15 is 0 Å². The zero-order chi connectivity index (χ0) is 23.9. The average Bonchev–Trinajstić information content (AvgIpc) is 2.99. The SMILES string of the molecule is Cc1ccc(C2=C(Nc3cccc(F)c3)C(=O)N(c3ccc(C(C)(C)C)cc3)C2=O)cc1C. The summed E-state index contributed by atoms with van der Waals surface area (Å²) in [6.07, 6.45) is 0. The Hall–Kier alpha value is -3.73. The van der Waals surface area contributed by atoms with Crippen molar-refractivity contribution >= 4 is 28.8 Å². The second kappa shape index (κ2) is 8.32. The molecule has 4 rings (SSSR count). The molecule has 168 valence electrons. The summed E-state index contributed by atoms with van der Waals surface area (Å²) in [5, 5.41) is 3.01. The molecule has 0 bridgehead atoms. The summed E-state index contributed by atoms with van der Waals surface area (Å²) in [6, 6.07) is 18.9. The molecule has 0 aliphatic carbocycles. The molecule has 0 atom stereocenters. The number of hydrogen-bond donors (Lipinski definition) is 1. The topological polar surface area (TPSA) is 49.4 Å². The number of nitrogens with one attached hydrogen (secondary N) is 1. The molecule has 4 nitrogen and oxygen atoms in total.